The van der Waals surface area contributed by atoms with E-state index < -0.39 is 21.9 Å². The molecule has 0 amide bonds. The van der Waals surface area contributed by atoms with Crippen LogP contribution in [-0.4, -0.2) is 32.7 Å². The molecule has 1 aliphatic heterocycles. The van der Waals surface area contributed by atoms with Crippen LogP contribution in [0.3, 0.4) is 0 Å². The highest BCUT2D eigenvalue weighted by Gasteiger charge is 2.32. The summed E-state index contributed by atoms with van der Waals surface area (Å²) in [6.07, 6.45) is -1.46. The summed E-state index contributed by atoms with van der Waals surface area (Å²) in [5, 5.41) is 0. The average Bonchev–Trinajstić information content (AvgIpc) is 2.91. The van der Waals surface area contributed by atoms with Crippen LogP contribution in [0.4, 0.5) is 13.2 Å². The van der Waals surface area contributed by atoms with Crippen LogP contribution in [0.1, 0.15) is 25.0 Å². The summed E-state index contributed by atoms with van der Waals surface area (Å²) in [5.74, 6) is 0. The van der Waals surface area contributed by atoms with Crippen LogP contribution in [0.15, 0.2) is 23.2 Å². The fourth-order valence-corrected chi connectivity index (χ4v) is 3.01. The first-order valence-electron chi connectivity index (χ1n) is 6.43. The van der Waals surface area contributed by atoms with Gasteiger partial charge in [0.05, 0.1) is 6.10 Å². The average molecular weight is 324 g/mol. The Labute approximate surface area is 120 Å². The molecular weight excluding hydrogens is 309 g/mol. The first kappa shape index (κ1) is 16.2. The number of rotatable bonds is 5. The maximum Gasteiger partial charge on any atom is 0.433 e. The molecule has 0 radical (unpaired) electrons. The van der Waals surface area contributed by atoms with Crippen LogP contribution in [0.5, 0.6) is 0 Å². The number of pyridine rings is 1. The predicted octanol–water partition coefficient (Wildman–Crippen LogP) is 1.95. The zero-order valence-electron chi connectivity index (χ0n) is 11.1. The van der Waals surface area contributed by atoms with Crippen LogP contribution in [0.25, 0.3) is 0 Å². The van der Waals surface area contributed by atoms with Gasteiger partial charge in [0.2, 0.25) is 10.0 Å². The van der Waals surface area contributed by atoms with Crippen molar-refractivity contribution in [1.29, 1.82) is 0 Å². The maximum atomic E-state index is 12.4. The molecular formula is C12H15F3N2O3S. The maximum absolute atomic E-state index is 12.4. The second-order valence-electron chi connectivity index (χ2n) is 4.70. The largest absolute Gasteiger partial charge is 0.433 e. The van der Waals surface area contributed by atoms with Crippen molar-refractivity contribution in [1.82, 2.24) is 9.71 Å². The number of nitrogens with one attached hydrogen (secondary N) is 1. The molecule has 2 heterocycles. The fourth-order valence-electron chi connectivity index (χ4n) is 2.02. The molecule has 0 spiro atoms. The van der Waals surface area contributed by atoms with Gasteiger partial charge in [0, 0.05) is 19.3 Å². The lowest BCUT2D eigenvalue weighted by molar-refractivity contribution is -0.141. The van der Waals surface area contributed by atoms with Gasteiger partial charge >= 0.3 is 6.18 Å². The molecule has 0 saturated carbocycles. The summed E-state index contributed by atoms with van der Waals surface area (Å²) < 4.78 is 68.5. The number of sulfonamides is 1. The third kappa shape index (κ3) is 4.39. The lowest BCUT2D eigenvalue weighted by Gasteiger charge is -2.11. The minimum Gasteiger partial charge on any atom is -0.378 e. The van der Waals surface area contributed by atoms with Crippen molar-refractivity contribution in [3.63, 3.8) is 0 Å². The Morgan fingerprint density at radius 2 is 2.14 bits per heavy atom. The van der Waals surface area contributed by atoms with E-state index in [0.717, 1.165) is 18.9 Å². The van der Waals surface area contributed by atoms with E-state index in [1.54, 1.807) is 0 Å². The molecule has 1 aromatic heterocycles. The highest BCUT2D eigenvalue weighted by molar-refractivity contribution is 7.89. The van der Waals surface area contributed by atoms with E-state index in [2.05, 4.69) is 9.71 Å². The van der Waals surface area contributed by atoms with Gasteiger partial charge in [-0.05, 0) is 31.4 Å². The number of hydrogen-bond acceptors (Lipinski definition) is 4. The standard InChI is InChI=1S/C12H15F3N2O3S/c13-12(14,15)11-4-3-10(8-16-11)21(18,19)17-6-5-9-2-1-7-20-9/h3-4,8-9,17H,1-2,5-7H2. The molecule has 21 heavy (non-hydrogen) atoms. The summed E-state index contributed by atoms with van der Waals surface area (Å²) in [4.78, 5) is 2.84. The summed E-state index contributed by atoms with van der Waals surface area (Å²) in [5.41, 5.74) is -1.12. The Hall–Kier alpha value is -1.19. The minimum absolute atomic E-state index is 0.0402. The van der Waals surface area contributed by atoms with Gasteiger partial charge in [-0.2, -0.15) is 13.2 Å². The molecule has 118 valence electrons. The summed E-state index contributed by atoms with van der Waals surface area (Å²) in [6.45, 7) is 0.855. The summed E-state index contributed by atoms with van der Waals surface area (Å²) in [7, 11) is -3.85. The van der Waals surface area contributed by atoms with Crippen molar-refractivity contribution in [3.05, 3.63) is 24.0 Å². The highest BCUT2D eigenvalue weighted by atomic mass is 32.2. The molecule has 1 N–H and O–H groups in total. The zero-order valence-corrected chi connectivity index (χ0v) is 11.9. The number of aromatic nitrogens is 1. The molecule has 1 aliphatic rings. The first-order valence-corrected chi connectivity index (χ1v) is 7.92. The Morgan fingerprint density at radius 3 is 2.67 bits per heavy atom. The molecule has 5 nitrogen and oxygen atoms in total. The van der Waals surface area contributed by atoms with Gasteiger partial charge in [0.1, 0.15) is 10.6 Å². The summed E-state index contributed by atoms with van der Waals surface area (Å²) in [6, 6.07) is 1.54. The van der Waals surface area contributed by atoms with E-state index in [1.807, 2.05) is 0 Å². The van der Waals surface area contributed by atoms with Gasteiger partial charge in [-0.1, -0.05) is 0 Å². The highest BCUT2D eigenvalue weighted by Crippen LogP contribution is 2.27. The van der Waals surface area contributed by atoms with Crippen LogP contribution < -0.4 is 4.72 Å². The summed E-state index contributed by atoms with van der Waals surface area (Å²) >= 11 is 0. The number of halogens is 3. The Bertz CT molecular complexity index is 566. The third-order valence-electron chi connectivity index (χ3n) is 3.12. The van der Waals surface area contributed by atoms with E-state index in [0.29, 0.717) is 25.3 Å². The number of hydrogen-bond donors (Lipinski definition) is 1. The molecule has 0 bridgehead atoms. The van der Waals surface area contributed by atoms with Crippen LogP contribution in [0.2, 0.25) is 0 Å². The second-order valence-corrected chi connectivity index (χ2v) is 6.47. The van der Waals surface area contributed by atoms with E-state index >= 15 is 0 Å². The molecule has 0 aliphatic carbocycles. The lowest BCUT2D eigenvalue weighted by Crippen LogP contribution is -2.27. The lowest BCUT2D eigenvalue weighted by atomic mass is 10.2. The van der Waals surface area contributed by atoms with Crippen molar-refractivity contribution in [2.45, 2.75) is 36.4 Å². The van der Waals surface area contributed by atoms with Gasteiger partial charge in [0.25, 0.3) is 0 Å². The van der Waals surface area contributed by atoms with E-state index in [9.17, 15) is 21.6 Å². The van der Waals surface area contributed by atoms with Gasteiger partial charge in [-0.15, -0.1) is 0 Å². The Balaban J connectivity index is 1.95. The van der Waals surface area contributed by atoms with Gasteiger partial charge in [0.15, 0.2) is 0 Å². The molecule has 1 saturated heterocycles. The van der Waals surface area contributed by atoms with E-state index in [-0.39, 0.29) is 17.5 Å². The zero-order chi connectivity index (χ0) is 15.5. The van der Waals surface area contributed by atoms with Crippen molar-refractivity contribution in [3.8, 4) is 0 Å². The molecule has 1 atom stereocenters. The smallest absolute Gasteiger partial charge is 0.378 e. The third-order valence-corrected chi connectivity index (χ3v) is 4.57. The molecule has 0 aromatic carbocycles. The number of nitrogens with zero attached hydrogens (tertiary/aromatic N) is 1. The predicted molar refractivity (Wildman–Crippen MR) is 68.0 cm³/mol. The fraction of sp³-hybridized carbons (Fsp3) is 0.583. The van der Waals surface area contributed by atoms with E-state index in [1.165, 1.54) is 0 Å². The monoisotopic (exact) mass is 324 g/mol. The Kier molecular flexibility index (Phi) is 4.84. The van der Waals surface area contributed by atoms with Crippen molar-refractivity contribution in [2.75, 3.05) is 13.2 Å². The van der Waals surface area contributed by atoms with Crippen molar-refractivity contribution in [2.24, 2.45) is 0 Å². The molecule has 9 heteroatoms. The van der Waals surface area contributed by atoms with Gasteiger partial charge < -0.3 is 4.74 Å². The molecule has 1 fully saturated rings. The number of alkyl halides is 3. The quantitative estimate of drug-likeness (QED) is 0.899. The second kappa shape index (κ2) is 6.29. The Morgan fingerprint density at radius 1 is 1.38 bits per heavy atom. The van der Waals surface area contributed by atoms with Gasteiger partial charge in [-0.25, -0.2) is 13.1 Å². The normalized spacial score (nSPS) is 19.9. The van der Waals surface area contributed by atoms with Crippen LogP contribution in [-0.2, 0) is 20.9 Å². The molecule has 1 aromatic rings. The van der Waals surface area contributed by atoms with Crippen molar-refractivity contribution < 1.29 is 26.3 Å². The minimum atomic E-state index is -4.59. The topological polar surface area (TPSA) is 68.3 Å². The SMILES string of the molecule is O=S(=O)(NCCC1CCCO1)c1ccc(C(F)(F)F)nc1. The molecule has 1 unspecified atom stereocenters. The van der Waals surface area contributed by atoms with Crippen LogP contribution in [0, 0.1) is 0 Å². The van der Waals surface area contributed by atoms with Crippen molar-refractivity contribution >= 4 is 10.0 Å². The van der Waals surface area contributed by atoms with Crippen LogP contribution >= 0.6 is 0 Å². The number of ether oxygens (including phenoxy) is 1. The first-order chi connectivity index (χ1) is 9.79. The molecule has 2 rings (SSSR count). The van der Waals surface area contributed by atoms with E-state index in [4.69, 9.17) is 4.74 Å². The van der Waals surface area contributed by atoms with Gasteiger partial charge in [-0.3, -0.25) is 4.98 Å².